The third-order valence-electron chi connectivity index (χ3n) is 7.39. The Morgan fingerprint density at radius 3 is 1.75 bits per heavy atom. The van der Waals surface area contributed by atoms with Gasteiger partial charge in [0.25, 0.3) is 0 Å². The second-order valence-electron chi connectivity index (χ2n) is 12.9. The number of hydrogen-bond acceptors (Lipinski definition) is 7. The minimum absolute atomic E-state index is 0.0322. The SMILES string of the molecule is C/C=C/CCCCCCCC(=O)O[C@@H](COC(=O)CCCCCCCCCCCCCC)COP(=O)(O)OCC[N+](C)(C)C. The molecule has 0 radical (unpaired) electrons. The van der Waals surface area contributed by atoms with E-state index in [0.29, 0.717) is 23.9 Å². The summed E-state index contributed by atoms with van der Waals surface area (Å²) in [5.74, 6) is -0.814. The molecule has 10 heteroatoms. The van der Waals surface area contributed by atoms with Crippen LogP contribution >= 0.6 is 7.82 Å². The predicted molar refractivity (Wildman–Crippen MR) is 178 cm³/mol. The van der Waals surface area contributed by atoms with Crippen molar-refractivity contribution >= 4 is 19.8 Å². The fraction of sp³-hybridized carbons (Fsp3) is 0.882. The fourth-order valence-electron chi connectivity index (χ4n) is 4.60. The van der Waals surface area contributed by atoms with Gasteiger partial charge in [-0.25, -0.2) is 4.57 Å². The number of ether oxygens (including phenoxy) is 2. The first-order chi connectivity index (χ1) is 21.0. The smallest absolute Gasteiger partial charge is 0.462 e. The maximum Gasteiger partial charge on any atom is 0.472 e. The summed E-state index contributed by atoms with van der Waals surface area (Å²) in [5.41, 5.74) is 0. The first-order valence-corrected chi connectivity index (χ1v) is 18.9. The Bertz CT molecular complexity index is 784. The van der Waals surface area contributed by atoms with Crippen molar-refractivity contribution in [3.8, 4) is 0 Å². The summed E-state index contributed by atoms with van der Waals surface area (Å²) in [5, 5.41) is 0. The molecule has 0 spiro atoms. The van der Waals surface area contributed by atoms with E-state index in [1.165, 1.54) is 57.8 Å². The van der Waals surface area contributed by atoms with E-state index in [-0.39, 0.29) is 25.6 Å². The van der Waals surface area contributed by atoms with Gasteiger partial charge in [-0.05, 0) is 32.6 Å². The zero-order valence-corrected chi connectivity index (χ0v) is 29.8. The van der Waals surface area contributed by atoms with Gasteiger partial charge in [0.15, 0.2) is 6.10 Å². The number of phosphoric acid groups is 1. The average molecular weight is 649 g/mol. The van der Waals surface area contributed by atoms with Gasteiger partial charge in [0.2, 0.25) is 0 Å². The molecule has 9 nitrogen and oxygen atoms in total. The number of quaternary nitrogens is 1. The van der Waals surface area contributed by atoms with Crippen LogP contribution in [0.2, 0.25) is 0 Å². The van der Waals surface area contributed by atoms with Crippen LogP contribution in [0.25, 0.3) is 0 Å². The molecule has 0 aromatic heterocycles. The highest BCUT2D eigenvalue weighted by Crippen LogP contribution is 2.43. The van der Waals surface area contributed by atoms with Crippen LogP contribution in [-0.2, 0) is 32.7 Å². The Kier molecular flexibility index (Phi) is 27.2. The molecule has 0 saturated carbocycles. The highest BCUT2D eigenvalue weighted by atomic mass is 31.2. The van der Waals surface area contributed by atoms with E-state index < -0.39 is 26.5 Å². The zero-order chi connectivity index (χ0) is 32.9. The van der Waals surface area contributed by atoms with Crippen molar-refractivity contribution in [2.45, 2.75) is 148 Å². The molecule has 0 fully saturated rings. The van der Waals surface area contributed by atoms with Crippen molar-refractivity contribution in [2.24, 2.45) is 0 Å². The van der Waals surface area contributed by atoms with Crippen LogP contribution < -0.4 is 0 Å². The molecule has 0 aliphatic carbocycles. The monoisotopic (exact) mass is 648 g/mol. The molecule has 260 valence electrons. The number of rotatable bonds is 31. The van der Waals surface area contributed by atoms with E-state index in [0.717, 1.165) is 51.4 Å². The number of allylic oxidation sites excluding steroid dienone is 2. The topological polar surface area (TPSA) is 108 Å². The highest BCUT2D eigenvalue weighted by Gasteiger charge is 2.27. The molecule has 44 heavy (non-hydrogen) atoms. The molecule has 0 aromatic carbocycles. The van der Waals surface area contributed by atoms with Gasteiger partial charge in [0.1, 0.15) is 19.8 Å². The molecule has 0 bridgehead atoms. The molecule has 0 rings (SSSR count). The lowest BCUT2D eigenvalue weighted by Crippen LogP contribution is -2.37. The number of phosphoric ester groups is 1. The minimum atomic E-state index is -4.35. The maximum atomic E-state index is 12.5. The Labute approximate surface area is 269 Å². The van der Waals surface area contributed by atoms with Gasteiger partial charge in [-0.1, -0.05) is 109 Å². The van der Waals surface area contributed by atoms with Gasteiger partial charge in [-0.15, -0.1) is 0 Å². The van der Waals surface area contributed by atoms with Gasteiger partial charge in [0.05, 0.1) is 27.7 Å². The quantitative estimate of drug-likeness (QED) is 0.0262. The number of carbonyl (C=O) groups excluding carboxylic acids is 2. The van der Waals surface area contributed by atoms with Crippen LogP contribution in [-0.4, -0.2) is 74.9 Å². The van der Waals surface area contributed by atoms with E-state index in [4.69, 9.17) is 18.5 Å². The van der Waals surface area contributed by atoms with E-state index in [2.05, 4.69) is 19.1 Å². The van der Waals surface area contributed by atoms with E-state index >= 15 is 0 Å². The van der Waals surface area contributed by atoms with Crippen molar-refractivity contribution in [3.05, 3.63) is 12.2 Å². The molecule has 0 amide bonds. The van der Waals surface area contributed by atoms with Crippen LogP contribution in [0, 0.1) is 0 Å². The highest BCUT2D eigenvalue weighted by molar-refractivity contribution is 7.47. The van der Waals surface area contributed by atoms with Crippen molar-refractivity contribution in [2.75, 3.05) is 47.5 Å². The zero-order valence-electron chi connectivity index (χ0n) is 28.9. The third kappa shape index (κ3) is 30.8. The molecule has 0 aromatic rings. The number of esters is 2. The van der Waals surface area contributed by atoms with E-state index in [1.807, 2.05) is 28.1 Å². The lowest BCUT2D eigenvalue weighted by Gasteiger charge is -2.24. The van der Waals surface area contributed by atoms with Crippen molar-refractivity contribution in [3.63, 3.8) is 0 Å². The Balaban J connectivity index is 4.44. The number of unbranched alkanes of at least 4 members (excludes halogenated alkanes) is 16. The maximum absolute atomic E-state index is 12.5. The van der Waals surface area contributed by atoms with Crippen LogP contribution in [0.1, 0.15) is 142 Å². The lowest BCUT2D eigenvalue weighted by atomic mass is 10.0. The molecule has 2 atom stereocenters. The number of hydrogen-bond donors (Lipinski definition) is 1. The van der Waals surface area contributed by atoms with Crippen LogP contribution in [0.15, 0.2) is 12.2 Å². The number of nitrogens with zero attached hydrogens (tertiary/aromatic N) is 1. The third-order valence-corrected chi connectivity index (χ3v) is 8.37. The van der Waals surface area contributed by atoms with Gasteiger partial charge < -0.3 is 18.9 Å². The van der Waals surface area contributed by atoms with Crippen molar-refractivity contribution in [1.82, 2.24) is 0 Å². The van der Waals surface area contributed by atoms with Crippen LogP contribution in [0.5, 0.6) is 0 Å². The van der Waals surface area contributed by atoms with Gasteiger partial charge in [0, 0.05) is 12.8 Å². The van der Waals surface area contributed by atoms with Gasteiger partial charge in [-0.2, -0.15) is 0 Å². The summed E-state index contributed by atoms with van der Waals surface area (Å²) < 4.78 is 34.0. The van der Waals surface area contributed by atoms with Crippen LogP contribution in [0.3, 0.4) is 0 Å². The Hall–Kier alpha value is -1.25. The standard InChI is InChI=1S/C34H66NO8P/c1-6-8-10-12-14-16-17-18-19-21-22-24-26-33(36)40-30-32(31-42-44(38,39)41-29-28-35(3,4)5)43-34(37)27-25-23-20-15-13-11-9-7-2/h7,9,32H,6,8,10-31H2,1-5H3/p+1/b9-7+/t32-/m0/s1. The second kappa shape index (κ2) is 28.0. The molecular formula is C34H67NO8P+. The summed E-state index contributed by atoms with van der Waals surface area (Å²) in [6.07, 6.45) is 24.3. The Morgan fingerprint density at radius 2 is 1.23 bits per heavy atom. The molecule has 0 aliphatic heterocycles. The van der Waals surface area contributed by atoms with Crippen molar-refractivity contribution < 1.29 is 42.1 Å². The Morgan fingerprint density at radius 1 is 0.727 bits per heavy atom. The molecule has 0 heterocycles. The molecule has 1 N–H and O–H groups in total. The first-order valence-electron chi connectivity index (χ1n) is 17.4. The van der Waals surface area contributed by atoms with E-state index in [9.17, 15) is 19.0 Å². The summed E-state index contributed by atoms with van der Waals surface area (Å²) in [6.45, 7) is 4.17. The van der Waals surface area contributed by atoms with Crippen molar-refractivity contribution in [1.29, 1.82) is 0 Å². The average Bonchev–Trinajstić information content (AvgIpc) is 2.95. The molecule has 0 aliphatic rings. The summed E-state index contributed by atoms with van der Waals surface area (Å²) in [4.78, 5) is 34.9. The minimum Gasteiger partial charge on any atom is -0.462 e. The fourth-order valence-corrected chi connectivity index (χ4v) is 5.34. The second-order valence-corrected chi connectivity index (χ2v) is 14.4. The lowest BCUT2D eigenvalue weighted by molar-refractivity contribution is -0.870. The van der Waals surface area contributed by atoms with E-state index in [1.54, 1.807) is 0 Å². The number of carbonyl (C=O) groups is 2. The number of likely N-dealkylation sites (N-methyl/N-ethyl adjacent to an activating group) is 1. The first kappa shape index (κ1) is 42.8. The molecule has 0 saturated heterocycles. The largest absolute Gasteiger partial charge is 0.472 e. The summed E-state index contributed by atoms with van der Waals surface area (Å²) >= 11 is 0. The van der Waals surface area contributed by atoms with Gasteiger partial charge in [-0.3, -0.25) is 18.6 Å². The molecule has 1 unspecified atom stereocenters. The van der Waals surface area contributed by atoms with Gasteiger partial charge >= 0.3 is 19.8 Å². The molecular weight excluding hydrogens is 581 g/mol. The predicted octanol–water partition coefficient (Wildman–Crippen LogP) is 8.68. The normalized spacial score (nSPS) is 14.0. The summed E-state index contributed by atoms with van der Waals surface area (Å²) in [7, 11) is 1.47. The summed E-state index contributed by atoms with van der Waals surface area (Å²) in [6, 6.07) is 0. The van der Waals surface area contributed by atoms with Crippen LogP contribution in [0.4, 0.5) is 0 Å².